The Bertz CT molecular complexity index is 862. The lowest BCUT2D eigenvalue weighted by Gasteiger charge is -2.39. The van der Waals surface area contributed by atoms with Crippen molar-refractivity contribution in [3.63, 3.8) is 0 Å². The monoisotopic (exact) mass is 379 g/mol. The number of fused-ring (bicyclic) bond motifs is 1. The lowest BCUT2D eigenvalue weighted by molar-refractivity contribution is -0.151. The van der Waals surface area contributed by atoms with Gasteiger partial charge in [-0.05, 0) is 56.9 Å². The molecule has 1 aliphatic heterocycles. The van der Waals surface area contributed by atoms with E-state index in [2.05, 4.69) is 25.7 Å². The fourth-order valence-corrected chi connectivity index (χ4v) is 5.18. The molecule has 3 rings (SSSR count). The minimum Gasteiger partial charge on any atom is -0.465 e. The molecule has 0 spiro atoms. The first-order valence-electron chi connectivity index (χ1n) is 9.42. The van der Waals surface area contributed by atoms with Crippen LogP contribution in [0.1, 0.15) is 55.1 Å². The highest BCUT2D eigenvalue weighted by molar-refractivity contribution is 7.12. The van der Waals surface area contributed by atoms with E-state index in [1.165, 1.54) is 27.8 Å². The van der Waals surface area contributed by atoms with E-state index in [0.29, 0.717) is 17.1 Å². The van der Waals surface area contributed by atoms with Crippen LogP contribution >= 0.6 is 22.9 Å². The summed E-state index contributed by atoms with van der Waals surface area (Å²) < 4.78 is 20.5. The Labute approximate surface area is 161 Å². The highest BCUT2D eigenvalue weighted by atomic mass is 35.5. The molecule has 1 aromatic heterocycles. The van der Waals surface area contributed by atoms with Crippen LogP contribution in [0.5, 0.6) is 0 Å². The zero-order chi connectivity index (χ0) is 19.9. The summed E-state index contributed by atoms with van der Waals surface area (Å²) in [4.78, 5) is 17.7. The van der Waals surface area contributed by atoms with Gasteiger partial charge in [-0.3, -0.25) is 4.90 Å². The second kappa shape index (κ2) is 7.48. The number of rotatable bonds is 4. The summed E-state index contributed by atoms with van der Waals surface area (Å²) in [6.07, 6.45) is 0.853. The molecule has 2 aromatic rings. The highest BCUT2D eigenvalue weighted by Crippen LogP contribution is 2.43. The van der Waals surface area contributed by atoms with Crippen molar-refractivity contribution in [3.8, 4) is 0 Å². The molecule has 0 bridgehead atoms. The van der Waals surface area contributed by atoms with Gasteiger partial charge in [0, 0.05) is 27.4 Å². The van der Waals surface area contributed by atoms with Crippen LogP contribution in [0.4, 0.5) is 0 Å². The van der Waals surface area contributed by atoms with Crippen LogP contribution in [0, 0.1) is 13.8 Å². The Morgan fingerprint density at radius 2 is 2.20 bits per heavy atom. The number of hydrogen-bond acceptors (Lipinski definition) is 4. The smallest absolute Gasteiger partial charge is 0.328 e. The first-order chi connectivity index (χ1) is 12.6. The standard InChI is InChI=1S/C20H24ClNO2S/c1-5-24-20(23)19(15-8-6-7-9-16(15)21)22-11-10-17-18(13(22)3)12(2)14(4)25-17/h6-9,13,19H,5,10-11H2,1-4H3/t13?,19-/m0/s1/i5D2. The van der Waals surface area contributed by atoms with Crippen molar-refractivity contribution in [2.75, 3.05) is 13.1 Å². The molecule has 0 saturated heterocycles. The van der Waals surface area contributed by atoms with E-state index < -0.39 is 18.6 Å². The number of nitrogens with zero attached hydrogens (tertiary/aromatic N) is 1. The first-order valence-corrected chi connectivity index (χ1v) is 9.61. The number of thiophene rings is 1. The van der Waals surface area contributed by atoms with Crippen molar-refractivity contribution in [1.82, 2.24) is 4.90 Å². The molecule has 0 aliphatic carbocycles. The zero-order valence-electron chi connectivity index (χ0n) is 16.9. The molecule has 5 heteroatoms. The van der Waals surface area contributed by atoms with Gasteiger partial charge in [-0.25, -0.2) is 4.79 Å². The van der Waals surface area contributed by atoms with E-state index in [1.54, 1.807) is 6.07 Å². The quantitative estimate of drug-likeness (QED) is 0.680. The number of esters is 1. The fraction of sp³-hybridized carbons (Fsp3) is 0.450. The minimum atomic E-state index is -2.05. The highest BCUT2D eigenvalue weighted by Gasteiger charge is 2.38. The molecule has 2 heterocycles. The van der Waals surface area contributed by atoms with Crippen molar-refractivity contribution in [2.45, 2.75) is 46.2 Å². The maximum Gasteiger partial charge on any atom is 0.328 e. The molecule has 1 aromatic carbocycles. The van der Waals surface area contributed by atoms with Gasteiger partial charge in [0.1, 0.15) is 6.04 Å². The van der Waals surface area contributed by atoms with E-state index in [1.807, 2.05) is 29.5 Å². The van der Waals surface area contributed by atoms with Crippen LogP contribution in [0.25, 0.3) is 0 Å². The maximum absolute atomic E-state index is 13.0. The van der Waals surface area contributed by atoms with Crippen LogP contribution in [-0.2, 0) is 16.0 Å². The third-order valence-electron chi connectivity index (χ3n) is 4.98. The molecular formula is C20H24ClNO2S. The molecule has 3 nitrogen and oxygen atoms in total. The van der Waals surface area contributed by atoms with Crippen LogP contribution in [0.2, 0.25) is 5.02 Å². The first kappa shape index (κ1) is 15.9. The van der Waals surface area contributed by atoms with Gasteiger partial charge in [-0.15, -0.1) is 11.3 Å². The Morgan fingerprint density at radius 3 is 2.88 bits per heavy atom. The molecule has 0 radical (unpaired) electrons. The molecular weight excluding hydrogens is 354 g/mol. The lowest BCUT2D eigenvalue weighted by Crippen LogP contribution is -2.41. The summed E-state index contributed by atoms with van der Waals surface area (Å²) in [6.45, 7) is 6.22. The average Bonchev–Trinajstić information content (AvgIpc) is 2.85. The molecule has 0 N–H and O–H groups in total. The second-order valence-electron chi connectivity index (χ2n) is 6.33. The Hall–Kier alpha value is -1.36. The molecule has 1 unspecified atom stereocenters. The number of benzene rings is 1. The van der Waals surface area contributed by atoms with Gasteiger partial charge >= 0.3 is 5.97 Å². The van der Waals surface area contributed by atoms with E-state index in [9.17, 15) is 4.79 Å². The molecule has 2 atom stereocenters. The topological polar surface area (TPSA) is 29.5 Å². The summed E-state index contributed by atoms with van der Waals surface area (Å²) in [6, 6.07) is 6.47. The third kappa shape index (κ3) is 3.35. The molecule has 25 heavy (non-hydrogen) atoms. The predicted octanol–water partition coefficient (Wildman–Crippen LogP) is 5.24. The van der Waals surface area contributed by atoms with E-state index in [4.69, 9.17) is 19.1 Å². The summed E-state index contributed by atoms with van der Waals surface area (Å²) >= 11 is 8.23. The van der Waals surface area contributed by atoms with Crippen LogP contribution in [0.15, 0.2) is 24.3 Å². The van der Waals surface area contributed by atoms with Crippen LogP contribution in [0.3, 0.4) is 0 Å². The number of hydrogen-bond donors (Lipinski definition) is 0. The Morgan fingerprint density at radius 1 is 1.48 bits per heavy atom. The Balaban J connectivity index is 2.04. The minimum absolute atomic E-state index is 0.00949. The number of halogens is 1. The molecule has 134 valence electrons. The van der Waals surface area contributed by atoms with E-state index in [0.717, 1.165) is 6.42 Å². The average molecular weight is 380 g/mol. The van der Waals surface area contributed by atoms with Crippen LogP contribution < -0.4 is 0 Å². The van der Waals surface area contributed by atoms with Gasteiger partial charge in [0.05, 0.1) is 9.30 Å². The lowest BCUT2D eigenvalue weighted by atomic mass is 9.93. The van der Waals surface area contributed by atoms with E-state index >= 15 is 0 Å². The number of ether oxygens (including phenoxy) is 1. The summed E-state index contributed by atoms with van der Waals surface area (Å²) in [5, 5.41) is 0.479. The van der Waals surface area contributed by atoms with Crippen molar-refractivity contribution >= 4 is 28.9 Å². The van der Waals surface area contributed by atoms with Crippen LogP contribution in [-0.4, -0.2) is 24.0 Å². The van der Waals surface area contributed by atoms with Gasteiger partial charge in [0.25, 0.3) is 0 Å². The maximum atomic E-state index is 13.0. The van der Waals surface area contributed by atoms with Gasteiger partial charge in [-0.1, -0.05) is 29.8 Å². The van der Waals surface area contributed by atoms with Gasteiger partial charge < -0.3 is 4.74 Å². The molecule has 0 saturated carbocycles. The molecule has 0 amide bonds. The van der Waals surface area contributed by atoms with Gasteiger partial charge in [0.15, 0.2) is 0 Å². The fourth-order valence-electron chi connectivity index (χ4n) is 3.68. The van der Waals surface area contributed by atoms with Gasteiger partial charge in [0.2, 0.25) is 0 Å². The van der Waals surface area contributed by atoms with E-state index in [-0.39, 0.29) is 6.04 Å². The van der Waals surface area contributed by atoms with Crippen molar-refractivity contribution < 1.29 is 12.3 Å². The Kier molecular flexibility index (Phi) is 4.75. The normalized spacial score (nSPS) is 20.4. The molecule has 1 aliphatic rings. The molecule has 0 fully saturated rings. The zero-order valence-corrected chi connectivity index (χ0v) is 16.5. The predicted molar refractivity (Wildman–Crippen MR) is 103 cm³/mol. The third-order valence-corrected chi connectivity index (χ3v) is 6.61. The SMILES string of the molecule is [2H]C([2H])(C)OC(=O)[C@H](c1ccccc1Cl)N1CCc2sc(C)c(C)c2C1C. The number of aryl methyl sites for hydroxylation is 1. The summed E-state index contributed by atoms with van der Waals surface area (Å²) in [5.41, 5.74) is 3.19. The van der Waals surface area contributed by atoms with Crippen molar-refractivity contribution in [1.29, 1.82) is 0 Å². The summed E-state index contributed by atoms with van der Waals surface area (Å²) in [7, 11) is 0. The second-order valence-corrected chi connectivity index (χ2v) is 8.05. The number of carbonyl (C=O) groups excluding carboxylic acids is 1. The number of carbonyl (C=O) groups is 1. The van der Waals surface area contributed by atoms with Crippen molar-refractivity contribution in [2.24, 2.45) is 0 Å². The van der Waals surface area contributed by atoms with Crippen molar-refractivity contribution in [3.05, 3.63) is 55.7 Å². The summed E-state index contributed by atoms with van der Waals surface area (Å²) in [5.74, 6) is -0.615. The van der Waals surface area contributed by atoms with Gasteiger partial charge in [-0.2, -0.15) is 0 Å². The largest absolute Gasteiger partial charge is 0.465 e.